The van der Waals surface area contributed by atoms with Gasteiger partial charge in [0.05, 0.1) is 11.7 Å². The fourth-order valence-electron chi connectivity index (χ4n) is 2.37. The molecule has 1 saturated heterocycles. The molecule has 1 aromatic heterocycles. The van der Waals surface area contributed by atoms with Crippen molar-refractivity contribution in [2.24, 2.45) is 0 Å². The third kappa shape index (κ3) is 4.62. The number of hydrogen-bond acceptors (Lipinski definition) is 5. The van der Waals surface area contributed by atoms with E-state index in [9.17, 15) is 13.6 Å². The van der Waals surface area contributed by atoms with Crippen molar-refractivity contribution in [3.63, 3.8) is 0 Å². The Hall–Kier alpha value is -1.77. The van der Waals surface area contributed by atoms with Crippen LogP contribution in [0.1, 0.15) is 12.8 Å². The van der Waals surface area contributed by atoms with E-state index >= 15 is 0 Å². The minimum absolute atomic E-state index is 0. The zero-order valence-corrected chi connectivity index (χ0v) is 14.1. The maximum Gasteiger partial charge on any atom is 0.387 e. The van der Waals surface area contributed by atoms with Gasteiger partial charge in [-0.15, -0.1) is 23.7 Å². The molecule has 1 atom stereocenters. The number of carbonyl (C=O) groups excluding carboxylic acids is 1. The van der Waals surface area contributed by atoms with E-state index in [1.54, 1.807) is 17.5 Å². The number of benzene rings is 1. The fourth-order valence-corrected chi connectivity index (χ4v) is 3.09. The predicted octanol–water partition coefficient (Wildman–Crippen LogP) is 3.52. The van der Waals surface area contributed by atoms with Crippen molar-refractivity contribution in [3.8, 4) is 17.0 Å². The van der Waals surface area contributed by atoms with Crippen molar-refractivity contribution in [3.05, 3.63) is 29.6 Å². The SMILES string of the molecule is Cl.O=C(Nc1nc(-c2ccc(OC(F)F)cc2)cs1)C1CCCN1. The highest BCUT2D eigenvalue weighted by atomic mass is 35.5. The van der Waals surface area contributed by atoms with Gasteiger partial charge in [0.1, 0.15) is 5.75 Å². The molecule has 2 heterocycles. The second-order valence-electron chi connectivity index (χ2n) is 5.08. The van der Waals surface area contributed by atoms with Crippen molar-refractivity contribution < 1.29 is 18.3 Å². The summed E-state index contributed by atoms with van der Waals surface area (Å²) < 4.78 is 28.5. The van der Waals surface area contributed by atoms with Crippen LogP contribution >= 0.6 is 23.7 Å². The molecule has 0 spiro atoms. The number of amides is 1. The standard InChI is InChI=1S/C15H15F2N3O2S.ClH/c16-14(17)22-10-5-3-9(4-6-10)12-8-23-15(19-12)20-13(21)11-2-1-7-18-11;/h3-6,8,11,14,18H,1-2,7H2,(H,19,20,21);1H. The highest BCUT2D eigenvalue weighted by molar-refractivity contribution is 7.14. The van der Waals surface area contributed by atoms with Crippen LogP contribution in [0.15, 0.2) is 29.6 Å². The molecule has 0 radical (unpaired) electrons. The lowest BCUT2D eigenvalue weighted by Crippen LogP contribution is -2.35. The Bertz CT molecular complexity index is 676. The van der Waals surface area contributed by atoms with Crippen molar-refractivity contribution in [2.75, 3.05) is 11.9 Å². The number of thiazole rings is 1. The van der Waals surface area contributed by atoms with Gasteiger partial charge in [-0.1, -0.05) is 0 Å². The number of carbonyl (C=O) groups is 1. The highest BCUT2D eigenvalue weighted by Crippen LogP contribution is 2.27. The zero-order valence-electron chi connectivity index (χ0n) is 12.5. The number of hydrogen-bond donors (Lipinski definition) is 2. The normalized spacial score (nSPS) is 16.7. The average molecular weight is 376 g/mol. The van der Waals surface area contributed by atoms with Gasteiger partial charge in [-0.3, -0.25) is 4.79 Å². The number of aromatic nitrogens is 1. The first-order valence-electron chi connectivity index (χ1n) is 7.17. The van der Waals surface area contributed by atoms with Crippen molar-refractivity contribution >= 4 is 34.8 Å². The van der Waals surface area contributed by atoms with E-state index in [0.29, 0.717) is 10.8 Å². The Morgan fingerprint density at radius 1 is 1.38 bits per heavy atom. The van der Waals surface area contributed by atoms with Gasteiger partial charge >= 0.3 is 6.61 Å². The van der Waals surface area contributed by atoms with Crippen LogP contribution in [0.5, 0.6) is 5.75 Å². The van der Waals surface area contributed by atoms with Crippen molar-refractivity contribution in [2.45, 2.75) is 25.5 Å². The van der Waals surface area contributed by atoms with E-state index in [1.165, 1.54) is 23.5 Å². The van der Waals surface area contributed by atoms with Crippen LogP contribution in [0, 0.1) is 0 Å². The molecule has 2 aromatic rings. The topological polar surface area (TPSA) is 63.2 Å². The van der Waals surface area contributed by atoms with Gasteiger partial charge in [0.2, 0.25) is 5.91 Å². The molecule has 1 amide bonds. The fraction of sp³-hybridized carbons (Fsp3) is 0.333. The van der Waals surface area contributed by atoms with Crippen LogP contribution in [-0.2, 0) is 4.79 Å². The first kappa shape index (κ1) is 18.6. The largest absolute Gasteiger partial charge is 0.435 e. The molecule has 1 aliphatic rings. The Morgan fingerprint density at radius 2 is 2.12 bits per heavy atom. The molecule has 5 nitrogen and oxygen atoms in total. The van der Waals surface area contributed by atoms with Crippen LogP contribution in [0.25, 0.3) is 11.3 Å². The van der Waals surface area contributed by atoms with Gasteiger partial charge in [0, 0.05) is 10.9 Å². The van der Waals surface area contributed by atoms with E-state index in [-0.39, 0.29) is 30.1 Å². The molecule has 0 bridgehead atoms. The Balaban J connectivity index is 0.00000208. The number of halogens is 3. The number of ether oxygens (including phenoxy) is 1. The van der Waals surface area contributed by atoms with E-state index < -0.39 is 6.61 Å². The third-order valence-electron chi connectivity index (χ3n) is 3.49. The molecule has 9 heteroatoms. The molecular weight excluding hydrogens is 360 g/mol. The second kappa shape index (κ2) is 8.36. The lowest BCUT2D eigenvalue weighted by molar-refractivity contribution is -0.117. The van der Waals surface area contributed by atoms with E-state index in [1.807, 2.05) is 0 Å². The van der Waals surface area contributed by atoms with Crippen LogP contribution < -0.4 is 15.4 Å². The summed E-state index contributed by atoms with van der Waals surface area (Å²) in [7, 11) is 0. The van der Waals surface area contributed by atoms with Crippen molar-refractivity contribution in [1.29, 1.82) is 0 Å². The first-order chi connectivity index (χ1) is 11.1. The number of rotatable bonds is 5. The molecule has 0 aliphatic carbocycles. The number of anilines is 1. The Morgan fingerprint density at radius 3 is 2.75 bits per heavy atom. The first-order valence-corrected chi connectivity index (χ1v) is 8.05. The van der Waals surface area contributed by atoms with Crippen molar-refractivity contribution in [1.82, 2.24) is 10.3 Å². The molecule has 130 valence electrons. The summed E-state index contributed by atoms with van der Waals surface area (Å²) in [5.74, 6) is 0.0175. The van der Waals surface area contributed by atoms with Crippen LogP contribution in [0.2, 0.25) is 0 Å². The Kier molecular flexibility index (Phi) is 6.47. The number of nitrogens with zero attached hydrogens (tertiary/aromatic N) is 1. The van der Waals surface area contributed by atoms with E-state index in [4.69, 9.17) is 0 Å². The van der Waals surface area contributed by atoms with Gasteiger partial charge in [0.15, 0.2) is 5.13 Å². The molecule has 24 heavy (non-hydrogen) atoms. The van der Waals surface area contributed by atoms with Gasteiger partial charge < -0.3 is 15.4 Å². The van der Waals surface area contributed by atoms with Gasteiger partial charge in [-0.25, -0.2) is 4.98 Å². The maximum absolute atomic E-state index is 12.1. The number of nitrogens with one attached hydrogen (secondary N) is 2. The summed E-state index contributed by atoms with van der Waals surface area (Å²) in [6.45, 7) is -1.99. The van der Waals surface area contributed by atoms with Gasteiger partial charge in [0.25, 0.3) is 0 Å². The van der Waals surface area contributed by atoms with E-state index in [2.05, 4.69) is 20.4 Å². The molecule has 1 fully saturated rings. The molecule has 1 aliphatic heterocycles. The van der Waals surface area contributed by atoms with Gasteiger partial charge in [-0.05, 0) is 43.7 Å². The Labute approximate surface area is 147 Å². The molecular formula is C15H16ClF2N3O2S. The van der Waals surface area contributed by atoms with Crippen LogP contribution in [-0.4, -0.2) is 30.1 Å². The predicted molar refractivity (Wildman–Crippen MR) is 91.1 cm³/mol. The van der Waals surface area contributed by atoms with Crippen LogP contribution in [0.3, 0.4) is 0 Å². The van der Waals surface area contributed by atoms with Gasteiger partial charge in [-0.2, -0.15) is 8.78 Å². The molecule has 1 unspecified atom stereocenters. The molecule has 0 saturated carbocycles. The quantitative estimate of drug-likeness (QED) is 0.839. The lowest BCUT2D eigenvalue weighted by Gasteiger charge is -2.08. The smallest absolute Gasteiger partial charge is 0.387 e. The molecule has 2 N–H and O–H groups in total. The summed E-state index contributed by atoms with van der Waals surface area (Å²) in [6.07, 6.45) is 1.82. The third-order valence-corrected chi connectivity index (χ3v) is 4.24. The highest BCUT2D eigenvalue weighted by Gasteiger charge is 2.22. The number of alkyl halides is 2. The summed E-state index contributed by atoms with van der Waals surface area (Å²) >= 11 is 1.32. The molecule has 3 rings (SSSR count). The summed E-state index contributed by atoms with van der Waals surface area (Å²) in [4.78, 5) is 16.4. The maximum atomic E-state index is 12.1. The van der Waals surface area contributed by atoms with Crippen LogP contribution in [0.4, 0.5) is 13.9 Å². The minimum Gasteiger partial charge on any atom is -0.435 e. The average Bonchev–Trinajstić information content (AvgIpc) is 3.18. The monoisotopic (exact) mass is 375 g/mol. The molecule has 1 aromatic carbocycles. The summed E-state index contributed by atoms with van der Waals surface area (Å²) in [5.41, 5.74) is 1.44. The second-order valence-corrected chi connectivity index (χ2v) is 5.94. The minimum atomic E-state index is -2.84. The lowest BCUT2D eigenvalue weighted by atomic mass is 10.2. The zero-order chi connectivity index (χ0) is 16.2. The van der Waals surface area contributed by atoms with E-state index in [0.717, 1.165) is 24.9 Å². The summed E-state index contributed by atoms with van der Waals surface area (Å²) in [6, 6.07) is 6.06. The summed E-state index contributed by atoms with van der Waals surface area (Å²) in [5, 5.41) is 8.25.